The summed E-state index contributed by atoms with van der Waals surface area (Å²) in [6.07, 6.45) is 0.993. The van der Waals surface area contributed by atoms with E-state index in [0.29, 0.717) is 34.7 Å². The van der Waals surface area contributed by atoms with E-state index < -0.39 is 17.3 Å². The summed E-state index contributed by atoms with van der Waals surface area (Å²) in [4.78, 5) is 17.3. The average molecular weight is 506 g/mol. The standard InChI is InChI=1S/C27H21F3N4O3/c1-3-32-23-12-22(19-8-16(2)9-20(10-19)25-13-31-15-37-25)33-34(26(23)35)24-11-17(18-6-7-36-14-18)4-5-21(24)27(28,29)30/h4-15,32H,3H2,1-2H3. The second-order valence-corrected chi connectivity index (χ2v) is 8.39. The second-order valence-electron chi connectivity index (χ2n) is 8.39. The van der Waals surface area contributed by atoms with Crippen LogP contribution < -0.4 is 10.9 Å². The Labute approximate surface area is 209 Å². The number of nitrogens with one attached hydrogen (secondary N) is 1. The number of anilines is 1. The number of hydrogen-bond donors (Lipinski definition) is 1. The van der Waals surface area contributed by atoms with Crippen molar-refractivity contribution in [2.75, 3.05) is 11.9 Å². The first-order chi connectivity index (χ1) is 17.7. The number of aryl methyl sites for hydroxylation is 1. The molecule has 0 atom stereocenters. The van der Waals surface area contributed by atoms with Gasteiger partial charge in [0.2, 0.25) is 0 Å². The molecule has 5 rings (SSSR count). The highest BCUT2D eigenvalue weighted by Crippen LogP contribution is 2.36. The third-order valence-electron chi connectivity index (χ3n) is 5.75. The van der Waals surface area contributed by atoms with Gasteiger partial charge in [0.15, 0.2) is 12.2 Å². The van der Waals surface area contributed by atoms with Crippen LogP contribution in [0.1, 0.15) is 18.1 Å². The first-order valence-corrected chi connectivity index (χ1v) is 11.4. The molecule has 10 heteroatoms. The second kappa shape index (κ2) is 9.45. The number of aromatic nitrogens is 3. The lowest BCUT2D eigenvalue weighted by atomic mass is 10.0. The van der Waals surface area contributed by atoms with Crippen LogP contribution in [-0.2, 0) is 6.18 Å². The third-order valence-corrected chi connectivity index (χ3v) is 5.75. The monoisotopic (exact) mass is 506 g/mol. The SMILES string of the molecule is CCNc1cc(-c2cc(C)cc(-c3cnco3)c2)nn(-c2cc(-c3ccoc3)ccc2C(F)(F)F)c1=O. The Bertz CT molecular complexity index is 1610. The molecule has 0 saturated heterocycles. The zero-order valence-corrected chi connectivity index (χ0v) is 19.8. The average Bonchev–Trinajstić information content (AvgIpc) is 3.59. The Morgan fingerprint density at radius 2 is 1.81 bits per heavy atom. The van der Waals surface area contributed by atoms with Crippen molar-refractivity contribution in [2.24, 2.45) is 0 Å². The number of furan rings is 1. The van der Waals surface area contributed by atoms with Crippen LogP contribution in [0.5, 0.6) is 0 Å². The fraction of sp³-hybridized carbons (Fsp3) is 0.148. The molecule has 37 heavy (non-hydrogen) atoms. The Kier molecular flexibility index (Phi) is 6.16. The minimum atomic E-state index is -4.72. The van der Waals surface area contributed by atoms with Crippen molar-refractivity contribution in [1.29, 1.82) is 0 Å². The molecule has 7 nitrogen and oxygen atoms in total. The maximum atomic E-state index is 14.1. The molecule has 0 fully saturated rings. The van der Waals surface area contributed by atoms with Crippen LogP contribution in [0.4, 0.5) is 18.9 Å². The first-order valence-electron chi connectivity index (χ1n) is 11.4. The molecule has 3 aromatic heterocycles. The Hall–Kier alpha value is -4.60. The van der Waals surface area contributed by atoms with Crippen LogP contribution in [0.15, 0.2) is 87.3 Å². The van der Waals surface area contributed by atoms with E-state index >= 15 is 0 Å². The highest BCUT2D eigenvalue weighted by molar-refractivity contribution is 5.72. The summed E-state index contributed by atoms with van der Waals surface area (Å²) in [5, 5.41) is 7.37. The fourth-order valence-corrected chi connectivity index (χ4v) is 4.10. The Morgan fingerprint density at radius 1 is 1.00 bits per heavy atom. The molecular formula is C27H21F3N4O3. The van der Waals surface area contributed by atoms with E-state index in [4.69, 9.17) is 8.83 Å². The predicted molar refractivity (Wildman–Crippen MR) is 132 cm³/mol. The molecule has 188 valence electrons. The van der Waals surface area contributed by atoms with Gasteiger partial charge in [-0.25, -0.2) is 4.98 Å². The Balaban J connectivity index is 1.76. The topological polar surface area (TPSA) is 86.1 Å². The summed E-state index contributed by atoms with van der Waals surface area (Å²) < 4.78 is 53.5. The molecular weight excluding hydrogens is 485 g/mol. The molecule has 0 amide bonds. The zero-order valence-electron chi connectivity index (χ0n) is 19.8. The lowest BCUT2D eigenvalue weighted by molar-refractivity contribution is -0.137. The molecule has 0 spiro atoms. The number of oxazole rings is 1. The van der Waals surface area contributed by atoms with Crippen LogP contribution in [0.25, 0.3) is 39.4 Å². The van der Waals surface area contributed by atoms with Crippen LogP contribution >= 0.6 is 0 Å². The van der Waals surface area contributed by atoms with Crippen molar-refractivity contribution in [3.63, 3.8) is 0 Å². The Morgan fingerprint density at radius 3 is 2.49 bits per heavy atom. The van der Waals surface area contributed by atoms with Gasteiger partial charge in [-0.2, -0.15) is 23.0 Å². The van der Waals surface area contributed by atoms with Gasteiger partial charge in [-0.3, -0.25) is 4.79 Å². The maximum absolute atomic E-state index is 14.1. The molecule has 5 aromatic rings. The minimum absolute atomic E-state index is 0.122. The van der Waals surface area contributed by atoms with E-state index in [-0.39, 0.29) is 11.4 Å². The summed E-state index contributed by atoms with van der Waals surface area (Å²) in [6.45, 7) is 4.05. The van der Waals surface area contributed by atoms with E-state index in [9.17, 15) is 18.0 Å². The van der Waals surface area contributed by atoms with Crippen molar-refractivity contribution in [3.8, 4) is 39.4 Å². The quantitative estimate of drug-likeness (QED) is 0.280. The summed E-state index contributed by atoms with van der Waals surface area (Å²) in [5.74, 6) is 0.525. The third kappa shape index (κ3) is 4.77. The molecule has 0 bridgehead atoms. The zero-order chi connectivity index (χ0) is 26.2. The van der Waals surface area contributed by atoms with Crippen LogP contribution in [0, 0.1) is 6.92 Å². The number of nitrogens with zero attached hydrogens (tertiary/aromatic N) is 3. The van der Waals surface area contributed by atoms with E-state index in [1.807, 2.05) is 19.1 Å². The van der Waals surface area contributed by atoms with Gasteiger partial charge in [-0.15, -0.1) is 0 Å². The molecule has 0 aliphatic heterocycles. The molecule has 0 aliphatic rings. The smallest absolute Gasteiger partial charge is 0.418 e. The molecule has 3 heterocycles. The van der Waals surface area contributed by atoms with Gasteiger partial charge >= 0.3 is 6.18 Å². The summed E-state index contributed by atoms with van der Waals surface area (Å²) in [5.41, 5.74) is 1.55. The lowest BCUT2D eigenvalue weighted by Gasteiger charge is -2.17. The van der Waals surface area contributed by atoms with Gasteiger partial charge < -0.3 is 14.2 Å². The molecule has 1 N–H and O–H groups in total. The van der Waals surface area contributed by atoms with Gasteiger partial charge in [0.05, 0.1) is 35.7 Å². The minimum Gasteiger partial charge on any atom is -0.472 e. The van der Waals surface area contributed by atoms with Crippen molar-refractivity contribution in [1.82, 2.24) is 14.8 Å². The molecule has 0 radical (unpaired) electrons. The fourth-order valence-electron chi connectivity index (χ4n) is 4.10. The molecule has 2 aromatic carbocycles. The predicted octanol–water partition coefficient (Wildman–Crippen LogP) is 6.57. The molecule has 0 unspecified atom stereocenters. The van der Waals surface area contributed by atoms with E-state index in [1.165, 1.54) is 37.1 Å². The lowest BCUT2D eigenvalue weighted by Crippen LogP contribution is -2.27. The summed E-state index contributed by atoms with van der Waals surface area (Å²) in [7, 11) is 0. The van der Waals surface area contributed by atoms with E-state index in [1.54, 1.807) is 25.3 Å². The number of halogens is 3. The number of rotatable bonds is 6. The van der Waals surface area contributed by atoms with Crippen molar-refractivity contribution in [3.05, 3.63) is 95.1 Å². The summed E-state index contributed by atoms with van der Waals surface area (Å²) in [6, 6.07) is 12.2. The van der Waals surface area contributed by atoms with Crippen molar-refractivity contribution >= 4 is 5.69 Å². The normalized spacial score (nSPS) is 11.6. The van der Waals surface area contributed by atoms with Gasteiger partial charge in [0.25, 0.3) is 5.56 Å². The van der Waals surface area contributed by atoms with Gasteiger partial charge in [-0.05, 0) is 67.4 Å². The number of hydrogen-bond acceptors (Lipinski definition) is 6. The first kappa shape index (κ1) is 24.1. The molecule has 0 saturated carbocycles. The largest absolute Gasteiger partial charge is 0.472 e. The highest BCUT2D eigenvalue weighted by Gasteiger charge is 2.35. The van der Waals surface area contributed by atoms with Gasteiger partial charge in [0.1, 0.15) is 5.69 Å². The van der Waals surface area contributed by atoms with E-state index in [0.717, 1.165) is 21.9 Å². The molecule has 0 aliphatic carbocycles. The van der Waals surface area contributed by atoms with Crippen molar-refractivity contribution in [2.45, 2.75) is 20.0 Å². The van der Waals surface area contributed by atoms with Gasteiger partial charge in [0, 0.05) is 23.2 Å². The maximum Gasteiger partial charge on any atom is 0.418 e. The number of alkyl halides is 3. The van der Waals surface area contributed by atoms with Crippen LogP contribution in [0.2, 0.25) is 0 Å². The highest BCUT2D eigenvalue weighted by atomic mass is 19.4. The van der Waals surface area contributed by atoms with E-state index in [2.05, 4.69) is 15.4 Å². The van der Waals surface area contributed by atoms with Gasteiger partial charge in [-0.1, -0.05) is 6.07 Å². The summed E-state index contributed by atoms with van der Waals surface area (Å²) >= 11 is 0. The van der Waals surface area contributed by atoms with Crippen LogP contribution in [0.3, 0.4) is 0 Å². The van der Waals surface area contributed by atoms with Crippen LogP contribution in [-0.4, -0.2) is 21.3 Å². The van der Waals surface area contributed by atoms with Crippen molar-refractivity contribution < 1.29 is 22.0 Å². The number of benzene rings is 2.